The van der Waals surface area contributed by atoms with E-state index >= 15 is 0 Å². The first-order chi connectivity index (χ1) is 11.7. The van der Waals surface area contributed by atoms with Crippen LogP contribution in [-0.2, 0) is 9.47 Å². The SMILES string of the molecule is CCOC(=O)c1cc2cc(NC(=O)NC[C@H]3CCOC3)ccc2s1. The van der Waals surface area contributed by atoms with Gasteiger partial charge in [0.05, 0.1) is 13.2 Å². The van der Waals surface area contributed by atoms with E-state index in [4.69, 9.17) is 9.47 Å². The molecule has 0 unspecified atom stereocenters. The molecular weight excluding hydrogens is 328 g/mol. The van der Waals surface area contributed by atoms with Crippen LogP contribution >= 0.6 is 11.3 Å². The van der Waals surface area contributed by atoms with Gasteiger partial charge in [0, 0.05) is 29.5 Å². The summed E-state index contributed by atoms with van der Waals surface area (Å²) in [5, 5.41) is 6.59. The van der Waals surface area contributed by atoms with Crippen LogP contribution in [0.25, 0.3) is 10.1 Å². The van der Waals surface area contributed by atoms with E-state index in [0.29, 0.717) is 36.2 Å². The number of ether oxygens (including phenoxy) is 2. The molecule has 2 N–H and O–H groups in total. The van der Waals surface area contributed by atoms with Gasteiger partial charge in [-0.05, 0) is 43.0 Å². The van der Waals surface area contributed by atoms with E-state index in [2.05, 4.69) is 10.6 Å². The maximum absolute atomic E-state index is 12.0. The standard InChI is InChI=1S/C17H20N2O4S/c1-2-23-16(20)15-8-12-7-13(3-4-14(12)24-15)19-17(21)18-9-11-5-6-22-10-11/h3-4,7-8,11H,2,5-6,9-10H2,1H3,(H2,18,19,21)/t11-/m1/s1. The average Bonchev–Trinajstić information content (AvgIpc) is 3.22. The van der Waals surface area contributed by atoms with E-state index in [-0.39, 0.29) is 12.0 Å². The average molecular weight is 348 g/mol. The zero-order valence-electron chi connectivity index (χ0n) is 13.5. The molecule has 2 amide bonds. The molecule has 3 rings (SSSR count). The summed E-state index contributed by atoms with van der Waals surface area (Å²) in [5.41, 5.74) is 0.691. The van der Waals surface area contributed by atoms with Crippen molar-refractivity contribution in [3.63, 3.8) is 0 Å². The van der Waals surface area contributed by atoms with Crippen molar-refractivity contribution in [1.29, 1.82) is 0 Å². The number of anilines is 1. The third-order valence-corrected chi connectivity index (χ3v) is 4.92. The highest BCUT2D eigenvalue weighted by atomic mass is 32.1. The molecule has 1 aliphatic heterocycles. The van der Waals surface area contributed by atoms with Gasteiger partial charge in [-0.25, -0.2) is 9.59 Å². The molecule has 2 aromatic rings. The fraction of sp³-hybridized carbons (Fsp3) is 0.412. The molecule has 0 bridgehead atoms. The van der Waals surface area contributed by atoms with Crippen molar-refractivity contribution in [2.75, 3.05) is 31.7 Å². The second kappa shape index (κ2) is 7.63. The first kappa shape index (κ1) is 16.7. The van der Waals surface area contributed by atoms with Gasteiger partial charge < -0.3 is 20.1 Å². The van der Waals surface area contributed by atoms with Crippen molar-refractivity contribution in [2.45, 2.75) is 13.3 Å². The van der Waals surface area contributed by atoms with Crippen LogP contribution in [0.4, 0.5) is 10.5 Å². The molecule has 1 aromatic heterocycles. The summed E-state index contributed by atoms with van der Waals surface area (Å²) in [7, 11) is 0. The number of fused-ring (bicyclic) bond motifs is 1. The number of carbonyl (C=O) groups is 2. The first-order valence-electron chi connectivity index (χ1n) is 7.99. The lowest BCUT2D eigenvalue weighted by molar-refractivity contribution is 0.0532. The Bertz CT molecular complexity index is 737. The summed E-state index contributed by atoms with van der Waals surface area (Å²) in [6, 6.07) is 7.13. The Labute approximate surface area is 144 Å². The van der Waals surface area contributed by atoms with Gasteiger partial charge in [0.15, 0.2) is 0 Å². The normalized spacial score (nSPS) is 17.0. The van der Waals surface area contributed by atoms with Crippen LogP contribution in [0, 0.1) is 5.92 Å². The Morgan fingerprint density at radius 1 is 1.38 bits per heavy atom. The van der Waals surface area contributed by atoms with Crippen molar-refractivity contribution in [1.82, 2.24) is 5.32 Å². The molecule has 1 fully saturated rings. The van der Waals surface area contributed by atoms with Crippen LogP contribution in [0.15, 0.2) is 24.3 Å². The topological polar surface area (TPSA) is 76.7 Å². The zero-order chi connectivity index (χ0) is 16.9. The molecule has 1 aromatic carbocycles. The minimum Gasteiger partial charge on any atom is -0.462 e. The van der Waals surface area contributed by atoms with Gasteiger partial charge in [0.2, 0.25) is 0 Å². The molecule has 6 nitrogen and oxygen atoms in total. The van der Waals surface area contributed by atoms with Gasteiger partial charge in [0.1, 0.15) is 4.88 Å². The van der Waals surface area contributed by atoms with Crippen molar-refractivity contribution < 1.29 is 19.1 Å². The zero-order valence-corrected chi connectivity index (χ0v) is 14.3. The number of urea groups is 1. The molecule has 1 atom stereocenters. The minimum atomic E-state index is -0.315. The van der Waals surface area contributed by atoms with E-state index in [1.54, 1.807) is 13.0 Å². The monoisotopic (exact) mass is 348 g/mol. The fourth-order valence-electron chi connectivity index (χ4n) is 2.58. The van der Waals surface area contributed by atoms with Crippen LogP contribution in [0.1, 0.15) is 23.0 Å². The second-order valence-electron chi connectivity index (χ2n) is 5.65. The number of rotatable bonds is 5. The number of esters is 1. The van der Waals surface area contributed by atoms with E-state index in [0.717, 1.165) is 23.1 Å². The van der Waals surface area contributed by atoms with E-state index in [9.17, 15) is 9.59 Å². The number of nitrogens with one attached hydrogen (secondary N) is 2. The smallest absolute Gasteiger partial charge is 0.348 e. The molecule has 0 saturated carbocycles. The first-order valence-corrected chi connectivity index (χ1v) is 8.80. The molecule has 7 heteroatoms. The largest absolute Gasteiger partial charge is 0.462 e. The molecule has 1 aliphatic rings. The second-order valence-corrected chi connectivity index (χ2v) is 6.73. The van der Waals surface area contributed by atoms with E-state index in [1.165, 1.54) is 11.3 Å². The van der Waals surface area contributed by atoms with Crippen LogP contribution in [0.5, 0.6) is 0 Å². The third-order valence-electron chi connectivity index (χ3n) is 3.83. The highest BCUT2D eigenvalue weighted by Gasteiger charge is 2.16. The van der Waals surface area contributed by atoms with Gasteiger partial charge in [-0.1, -0.05) is 0 Å². The molecule has 24 heavy (non-hydrogen) atoms. The summed E-state index contributed by atoms with van der Waals surface area (Å²) in [5.74, 6) is 0.0759. The highest BCUT2D eigenvalue weighted by Crippen LogP contribution is 2.28. The van der Waals surface area contributed by atoms with Gasteiger partial charge in [-0.2, -0.15) is 0 Å². The predicted octanol–water partition coefficient (Wildman–Crippen LogP) is 3.24. The lowest BCUT2D eigenvalue weighted by Gasteiger charge is -2.10. The van der Waals surface area contributed by atoms with Crippen molar-refractivity contribution >= 4 is 39.1 Å². The number of carbonyl (C=O) groups excluding carboxylic acids is 2. The van der Waals surface area contributed by atoms with Gasteiger partial charge in [-0.3, -0.25) is 0 Å². The lowest BCUT2D eigenvalue weighted by Crippen LogP contribution is -2.33. The quantitative estimate of drug-likeness (QED) is 0.813. The van der Waals surface area contributed by atoms with Gasteiger partial charge >= 0.3 is 12.0 Å². The summed E-state index contributed by atoms with van der Waals surface area (Å²) in [6.07, 6.45) is 0.984. The Balaban J connectivity index is 1.62. The lowest BCUT2D eigenvalue weighted by atomic mass is 10.1. The van der Waals surface area contributed by atoms with Crippen LogP contribution < -0.4 is 10.6 Å². The summed E-state index contributed by atoms with van der Waals surface area (Å²) in [4.78, 5) is 24.3. The van der Waals surface area contributed by atoms with E-state index < -0.39 is 0 Å². The molecule has 0 spiro atoms. The molecule has 0 aliphatic carbocycles. The third kappa shape index (κ3) is 4.04. The number of thiophene rings is 1. The summed E-state index contributed by atoms with van der Waals surface area (Å²) >= 11 is 1.38. The molecular formula is C17H20N2O4S. The number of amides is 2. The maximum Gasteiger partial charge on any atom is 0.348 e. The highest BCUT2D eigenvalue weighted by molar-refractivity contribution is 7.20. The number of hydrogen-bond acceptors (Lipinski definition) is 5. The Morgan fingerprint density at radius 2 is 2.25 bits per heavy atom. The summed E-state index contributed by atoms with van der Waals surface area (Å²) < 4.78 is 11.3. The Kier molecular flexibility index (Phi) is 5.32. The van der Waals surface area contributed by atoms with Crippen LogP contribution in [0.2, 0.25) is 0 Å². The van der Waals surface area contributed by atoms with Crippen molar-refractivity contribution in [3.8, 4) is 0 Å². The van der Waals surface area contributed by atoms with Crippen LogP contribution in [-0.4, -0.2) is 38.4 Å². The van der Waals surface area contributed by atoms with E-state index in [1.807, 2.05) is 18.2 Å². The molecule has 0 radical (unpaired) electrons. The molecule has 2 heterocycles. The summed E-state index contributed by atoms with van der Waals surface area (Å²) in [6.45, 7) is 4.22. The van der Waals surface area contributed by atoms with Gasteiger partial charge in [0.25, 0.3) is 0 Å². The molecule has 128 valence electrons. The fourth-order valence-corrected chi connectivity index (χ4v) is 3.52. The minimum absolute atomic E-state index is 0.234. The van der Waals surface area contributed by atoms with Crippen LogP contribution in [0.3, 0.4) is 0 Å². The Hall–Kier alpha value is -2.12. The number of hydrogen-bond donors (Lipinski definition) is 2. The van der Waals surface area contributed by atoms with Crippen molar-refractivity contribution in [3.05, 3.63) is 29.1 Å². The number of benzene rings is 1. The maximum atomic E-state index is 12.0. The predicted molar refractivity (Wildman–Crippen MR) is 93.7 cm³/mol. The Morgan fingerprint density at radius 3 is 3.00 bits per heavy atom. The van der Waals surface area contributed by atoms with Crippen molar-refractivity contribution in [2.24, 2.45) is 5.92 Å². The van der Waals surface area contributed by atoms with Gasteiger partial charge in [-0.15, -0.1) is 11.3 Å². The molecule has 1 saturated heterocycles.